The summed E-state index contributed by atoms with van der Waals surface area (Å²) >= 11 is 1.73. The second-order valence-corrected chi connectivity index (χ2v) is 6.44. The van der Waals surface area contributed by atoms with Gasteiger partial charge in [-0.3, -0.25) is 9.69 Å². The number of likely N-dealkylation sites (N-methyl/N-ethyl adjacent to an activating group) is 1. The zero-order valence-electron chi connectivity index (χ0n) is 12.7. The summed E-state index contributed by atoms with van der Waals surface area (Å²) in [5.74, 6) is 2.28. The fourth-order valence-corrected chi connectivity index (χ4v) is 3.33. The van der Waals surface area contributed by atoms with Gasteiger partial charge >= 0.3 is 0 Å². The van der Waals surface area contributed by atoms with Crippen LogP contribution >= 0.6 is 11.8 Å². The summed E-state index contributed by atoms with van der Waals surface area (Å²) in [5, 5.41) is 0. The molecular formula is C14H24N4OS. The number of hydrogen-bond acceptors (Lipinski definition) is 4. The molecule has 1 aromatic heterocycles. The number of amides is 1. The van der Waals surface area contributed by atoms with Crippen LogP contribution in [0.15, 0.2) is 12.4 Å². The van der Waals surface area contributed by atoms with E-state index in [0.717, 1.165) is 31.2 Å². The van der Waals surface area contributed by atoms with Crippen LogP contribution in [0.25, 0.3) is 0 Å². The normalized spacial score (nSPS) is 22.0. The van der Waals surface area contributed by atoms with Gasteiger partial charge in [-0.25, -0.2) is 4.98 Å². The molecule has 0 aliphatic carbocycles. The zero-order valence-corrected chi connectivity index (χ0v) is 13.6. The molecule has 20 heavy (non-hydrogen) atoms. The Kier molecular flexibility index (Phi) is 5.10. The number of carbonyl (C=O) groups is 1. The summed E-state index contributed by atoms with van der Waals surface area (Å²) in [6, 6.07) is 0.189. The molecule has 1 fully saturated rings. The zero-order chi connectivity index (χ0) is 14.7. The number of rotatable bonds is 4. The number of aryl methyl sites for hydroxylation is 1. The van der Waals surface area contributed by atoms with Gasteiger partial charge in [-0.05, 0) is 13.3 Å². The van der Waals surface area contributed by atoms with Crippen molar-refractivity contribution in [3.63, 3.8) is 0 Å². The summed E-state index contributed by atoms with van der Waals surface area (Å²) in [4.78, 5) is 21.2. The van der Waals surface area contributed by atoms with Crippen molar-refractivity contribution in [3.05, 3.63) is 18.2 Å². The summed E-state index contributed by atoms with van der Waals surface area (Å²) in [6.07, 6.45) is 5.82. The molecule has 0 spiro atoms. The number of carbonyl (C=O) groups excluding carboxylic acids is 1. The fraction of sp³-hybridized carbons (Fsp3) is 0.714. The quantitative estimate of drug-likeness (QED) is 0.838. The van der Waals surface area contributed by atoms with E-state index in [0.29, 0.717) is 0 Å². The van der Waals surface area contributed by atoms with E-state index in [9.17, 15) is 4.79 Å². The molecule has 1 aliphatic heterocycles. The van der Waals surface area contributed by atoms with E-state index in [-0.39, 0.29) is 17.9 Å². The number of piperazine rings is 1. The van der Waals surface area contributed by atoms with Gasteiger partial charge in [0.2, 0.25) is 5.91 Å². The van der Waals surface area contributed by atoms with E-state index < -0.39 is 0 Å². The lowest BCUT2D eigenvalue weighted by Crippen LogP contribution is -2.51. The Labute approximate surface area is 125 Å². The molecule has 2 unspecified atom stereocenters. The molecule has 112 valence electrons. The van der Waals surface area contributed by atoms with E-state index >= 15 is 0 Å². The molecule has 5 nitrogen and oxygen atoms in total. The first kappa shape index (κ1) is 15.4. The first-order chi connectivity index (χ1) is 9.54. The molecule has 2 atom stereocenters. The summed E-state index contributed by atoms with van der Waals surface area (Å²) in [5.41, 5.74) is 0. The van der Waals surface area contributed by atoms with Gasteiger partial charge in [-0.1, -0.05) is 6.92 Å². The molecule has 1 amide bonds. The van der Waals surface area contributed by atoms with Crippen LogP contribution in [0, 0.1) is 5.92 Å². The van der Waals surface area contributed by atoms with Crippen LogP contribution in [0.2, 0.25) is 0 Å². The van der Waals surface area contributed by atoms with Crippen LogP contribution in [0.3, 0.4) is 0 Å². The number of aromatic nitrogens is 2. The number of hydrogen-bond donors (Lipinski definition) is 0. The molecular weight excluding hydrogens is 272 g/mol. The Bertz CT molecular complexity index is 462. The molecule has 0 aromatic carbocycles. The molecule has 0 radical (unpaired) electrons. The largest absolute Gasteiger partial charge is 0.339 e. The van der Waals surface area contributed by atoms with E-state index in [2.05, 4.69) is 16.9 Å². The Balaban J connectivity index is 2.08. The van der Waals surface area contributed by atoms with Gasteiger partial charge in [0.25, 0.3) is 0 Å². The average molecular weight is 296 g/mol. The van der Waals surface area contributed by atoms with Crippen LogP contribution in [0.4, 0.5) is 0 Å². The minimum absolute atomic E-state index is 0.0930. The molecule has 0 N–H and O–H groups in total. The molecule has 0 saturated carbocycles. The highest BCUT2D eigenvalue weighted by Crippen LogP contribution is 2.23. The van der Waals surface area contributed by atoms with E-state index in [4.69, 9.17) is 0 Å². The lowest BCUT2D eigenvalue weighted by Gasteiger charge is -2.39. The highest BCUT2D eigenvalue weighted by atomic mass is 32.2. The Morgan fingerprint density at radius 3 is 2.85 bits per heavy atom. The van der Waals surface area contributed by atoms with Gasteiger partial charge in [0, 0.05) is 50.7 Å². The van der Waals surface area contributed by atoms with Crippen LogP contribution in [-0.2, 0) is 11.8 Å². The smallest absolute Gasteiger partial charge is 0.226 e. The van der Waals surface area contributed by atoms with E-state index in [1.54, 1.807) is 11.8 Å². The predicted molar refractivity (Wildman–Crippen MR) is 82.7 cm³/mol. The third-order valence-electron chi connectivity index (χ3n) is 3.95. The summed E-state index contributed by atoms with van der Waals surface area (Å²) < 4.78 is 2.04. The van der Waals surface area contributed by atoms with Gasteiger partial charge in [-0.15, -0.1) is 0 Å². The Morgan fingerprint density at radius 2 is 2.25 bits per heavy atom. The highest BCUT2D eigenvalue weighted by Gasteiger charge is 2.32. The van der Waals surface area contributed by atoms with Crippen molar-refractivity contribution in [2.45, 2.75) is 13.0 Å². The molecule has 1 aliphatic rings. The second-order valence-electron chi connectivity index (χ2n) is 5.53. The van der Waals surface area contributed by atoms with Crippen molar-refractivity contribution in [2.75, 3.05) is 38.7 Å². The van der Waals surface area contributed by atoms with Crippen LogP contribution in [0.5, 0.6) is 0 Å². The molecule has 1 saturated heterocycles. The molecule has 0 bridgehead atoms. The first-order valence-corrected chi connectivity index (χ1v) is 8.39. The van der Waals surface area contributed by atoms with Crippen LogP contribution in [-0.4, -0.2) is 63.9 Å². The average Bonchev–Trinajstić information content (AvgIpc) is 2.85. The lowest BCUT2D eigenvalue weighted by atomic mass is 10.1. The Hall–Kier alpha value is -1.01. The topological polar surface area (TPSA) is 41.4 Å². The SMILES string of the molecule is CSCC(C)C(=O)N1CCN(C)C(c2nccn2C)C1. The summed E-state index contributed by atoms with van der Waals surface area (Å²) in [6.45, 7) is 4.47. The molecule has 1 aromatic rings. The van der Waals surface area contributed by atoms with E-state index in [1.165, 1.54) is 0 Å². The van der Waals surface area contributed by atoms with Gasteiger partial charge in [0.05, 0.1) is 6.04 Å². The van der Waals surface area contributed by atoms with Crippen molar-refractivity contribution in [1.29, 1.82) is 0 Å². The van der Waals surface area contributed by atoms with Gasteiger partial charge in [-0.2, -0.15) is 11.8 Å². The first-order valence-electron chi connectivity index (χ1n) is 6.99. The number of nitrogens with zero attached hydrogens (tertiary/aromatic N) is 4. The maximum atomic E-state index is 12.5. The van der Waals surface area contributed by atoms with Crippen molar-refractivity contribution in [1.82, 2.24) is 19.4 Å². The highest BCUT2D eigenvalue weighted by molar-refractivity contribution is 7.98. The maximum Gasteiger partial charge on any atom is 0.226 e. The van der Waals surface area contributed by atoms with Gasteiger partial charge in [0.1, 0.15) is 5.82 Å². The van der Waals surface area contributed by atoms with Crippen LogP contribution in [0.1, 0.15) is 18.8 Å². The van der Waals surface area contributed by atoms with Crippen LogP contribution < -0.4 is 0 Å². The molecule has 6 heteroatoms. The Morgan fingerprint density at radius 1 is 1.50 bits per heavy atom. The third-order valence-corrected chi connectivity index (χ3v) is 4.79. The predicted octanol–water partition coefficient (Wildman–Crippen LogP) is 1.23. The molecule has 2 heterocycles. The standard InChI is InChI=1S/C14H24N4OS/c1-11(10-20-4)14(19)18-8-7-16(2)12(9-18)13-15-5-6-17(13)3/h5-6,11-12H,7-10H2,1-4H3. The van der Waals surface area contributed by atoms with Crippen molar-refractivity contribution in [2.24, 2.45) is 13.0 Å². The van der Waals surface area contributed by atoms with E-state index in [1.807, 2.05) is 42.1 Å². The molecule has 2 rings (SSSR count). The van der Waals surface area contributed by atoms with Gasteiger partial charge in [0.15, 0.2) is 0 Å². The summed E-state index contributed by atoms with van der Waals surface area (Å²) in [7, 11) is 4.11. The third kappa shape index (κ3) is 3.17. The van der Waals surface area contributed by atoms with Crippen molar-refractivity contribution < 1.29 is 4.79 Å². The van der Waals surface area contributed by atoms with Crippen molar-refractivity contribution >= 4 is 17.7 Å². The number of imidazole rings is 1. The lowest BCUT2D eigenvalue weighted by molar-refractivity contribution is -0.137. The van der Waals surface area contributed by atoms with Gasteiger partial charge < -0.3 is 9.47 Å². The minimum Gasteiger partial charge on any atom is -0.339 e. The maximum absolute atomic E-state index is 12.5. The fourth-order valence-electron chi connectivity index (χ4n) is 2.68. The monoisotopic (exact) mass is 296 g/mol. The number of thioether (sulfide) groups is 1. The second kappa shape index (κ2) is 6.63. The minimum atomic E-state index is 0.0930. The van der Waals surface area contributed by atoms with Crippen molar-refractivity contribution in [3.8, 4) is 0 Å².